The van der Waals surface area contributed by atoms with Gasteiger partial charge in [0.15, 0.2) is 0 Å². The Balaban J connectivity index is 2.32. The van der Waals surface area contributed by atoms with Crippen molar-refractivity contribution in [3.8, 4) is 0 Å². The number of hydrogen-bond donors (Lipinski definition) is 1. The van der Waals surface area contributed by atoms with E-state index in [0.717, 1.165) is 19.0 Å². The van der Waals surface area contributed by atoms with Crippen LogP contribution in [-0.4, -0.2) is 35.1 Å². The number of likely N-dealkylation sites (tertiary alicyclic amines) is 1. The molecule has 3 heteroatoms. The van der Waals surface area contributed by atoms with Crippen LogP contribution < -0.4 is 0 Å². The Morgan fingerprint density at radius 1 is 1.69 bits per heavy atom. The summed E-state index contributed by atoms with van der Waals surface area (Å²) in [5.74, 6) is 0.101. The van der Waals surface area contributed by atoms with Gasteiger partial charge in [0.05, 0.1) is 6.42 Å². The van der Waals surface area contributed by atoms with Gasteiger partial charge >= 0.3 is 5.97 Å². The third-order valence-electron chi connectivity index (χ3n) is 2.99. The first-order valence-corrected chi connectivity index (χ1v) is 5.09. The average molecular weight is 185 g/mol. The van der Waals surface area contributed by atoms with Crippen LogP contribution in [0.15, 0.2) is 0 Å². The predicted octanol–water partition coefficient (Wildman–Crippen LogP) is 1.58. The molecule has 0 aromatic heterocycles. The standard InChI is InChI=1S/C10H19NO2/c1-3-9-4-5-11(7-9)8(2)6-10(12)13/h8-9H,3-7H2,1-2H3,(H,12,13). The first-order chi connectivity index (χ1) is 6.13. The molecule has 1 saturated heterocycles. The van der Waals surface area contributed by atoms with Crippen molar-refractivity contribution in [2.45, 2.75) is 39.2 Å². The minimum absolute atomic E-state index is 0.203. The molecule has 0 radical (unpaired) electrons. The topological polar surface area (TPSA) is 40.5 Å². The molecule has 0 aromatic rings. The number of hydrogen-bond acceptors (Lipinski definition) is 2. The summed E-state index contributed by atoms with van der Waals surface area (Å²) in [6, 6.07) is 0.203. The van der Waals surface area contributed by atoms with Crippen molar-refractivity contribution in [2.24, 2.45) is 5.92 Å². The van der Waals surface area contributed by atoms with Gasteiger partial charge in [0.25, 0.3) is 0 Å². The molecule has 1 fully saturated rings. The number of rotatable bonds is 4. The predicted molar refractivity (Wildman–Crippen MR) is 51.7 cm³/mol. The summed E-state index contributed by atoms with van der Waals surface area (Å²) in [6.45, 7) is 6.38. The largest absolute Gasteiger partial charge is 0.481 e. The highest BCUT2D eigenvalue weighted by Crippen LogP contribution is 2.21. The van der Waals surface area contributed by atoms with Crippen LogP contribution in [0.25, 0.3) is 0 Å². The third-order valence-corrected chi connectivity index (χ3v) is 2.99. The summed E-state index contributed by atoms with van der Waals surface area (Å²) >= 11 is 0. The second-order valence-corrected chi connectivity index (χ2v) is 4.00. The molecular formula is C10H19NO2. The Morgan fingerprint density at radius 2 is 2.38 bits per heavy atom. The van der Waals surface area contributed by atoms with Gasteiger partial charge in [-0.15, -0.1) is 0 Å². The van der Waals surface area contributed by atoms with E-state index in [1.54, 1.807) is 0 Å². The molecule has 2 atom stereocenters. The van der Waals surface area contributed by atoms with Gasteiger partial charge in [-0.3, -0.25) is 9.69 Å². The Bertz CT molecular complexity index is 182. The molecule has 1 heterocycles. The summed E-state index contributed by atoms with van der Waals surface area (Å²) in [7, 11) is 0. The van der Waals surface area contributed by atoms with Gasteiger partial charge in [-0.25, -0.2) is 0 Å². The van der Waals surface area contributed by atoms with Crippen molar-refractivity contribution in [3.63, 3.8) is 0 Å². The van der Waals surface area contributed by atoms with Crippen LogP contribution in [0.4, 0.5) is 0 Å². The van der Waals surface area contributed by atoms with Crippen LogP contribution in [0, 0.1) is 5.92 Å². The van der Waals surface area contributed by atoms with Crippen LogP contribution in [-0.2, 0) is 4.79 Å². The molecule has 0 saturated carbocycles. The first-order valence-electron chi connectivity index (χ1n) is 5.09. The second kappa shape index (κ2) is 4.61. The van der Waals surface area contributed by atoms with Crippen molar-refractivity contribution >= 4 is 5.97 Å². The molecule has 1 rings (SSSR count). The van der Waals surface area contributed by atoms with Crippen molar-refractivity contribution in [2.75, 3.05) is 13.1 Å². The van der Waals surface area contributed by atoms with Gasteiger partial charge in [-0.05, 0) is 25.8 Å². The fourth-order valence-corrected chi connectivity index (χ4v) is 1.98. The molecule has 0 aromatic carbocycles. The number of nitrogens with zero attached hydrogens (tertiary/aromatic N) is 1. The minimum atomic E-state index is -0.688. The van der Waals surface area contributed by atoms with E-state index in [4.69, 9.17) is 5.11 Å². The fourth-order valence-electron chi connectivity index (χ4n) is 1.98. The highest BCUT2D eigenvalue weighted by atomic mass is 16.4. The molecular weight excluding hydrogens is 166 g/mol. The first kappa shape index (κ1) is 10.5. The molecule has 13 heavy (non-hydrogen) atoms. The molecule has 0 spiro atoms. The Labute approximate surface area is 79.7 Å². The number of carbonyl (C=O) groups is 1. The van der Waals surface area contributed by atoms with Gasteiger partial charge in [0.1, 0.15) is 0 Å². The summed E-state index contributed by atoms with van der Waals surface area (Å²) in [4.78, 5) is 12.8. The van der Waals surface area contributed by atoms with E-state index >= 15 is 0 Å². The van der Waals surface area contributed by atoms with E-state index in [2.05, 4.69) is 11.8 Å². The minimum Gasteiger partial charge on any atom is -0.481 e. The van der Waals surface area contributed by atoms with Gasteiger partial charge in [-0.2, -0.15) is 0 Å². The monoisotopic (exact) mass is 185 g/mol. The summed E-state index contributed by atoms with van der Waals surface area (Å²) < 4.78 is 0. The quantitative estimate of drug-likeness (QED) is 0.723. The third kappa shape index (κ3) is 2.99. The van der Waals surface area contributed by atoms with Crippen LogP contribution >= 0.6 is 0 Å². The molecule has 0 aliphatic carbocycles. The zero-order chi connectivity index (χ0) is 9.84. The Kier molecular flexibility index (Phi) is 3.72. The SMILES string of the molecule is CCC1CCN(C(C)CC(=O)O)C1. The highest BCUT2D eigenvalue weighted by Gasteiger charge is 2.25. The van der Waals surface area contributed by atoms with Crippen molar-refractivity contribution in [3.05, 3.63) is 0 Å². The van der Waals surface area contributed by atoms with Gasteiger partial charge in [0.2, 0.25) is 0 Å². The van der Waals surface area contributed by atoms with E-state index in [1.807, 2.05) is 6.92 Å². The lowest BCUT2D eigenvalue weighted by Crippen LogP contribution is -2.32. The maximum absolute atomic E-state index is 10.5. The molecule has 3 nitrogen and oxygen atoms in total. The molecule has 0 amide bonds. The van der Waals surface area contributed by atoms with E-state index < -0.39 is 5.97 Å². The summed E-state index contributed by atoms with van der Waals surface area (Å²) in [5, 5.41) is 8.64. The number of carboxylic acids is 1. The zero-order valence-corrected chi connectivity index (χ0v) is 8.49. The van der Waals surface area contributed by atoms with E-state index in [0.29, 0.717) is 0 Å². The summed E-state index contributed by atoms with van der Waals surface area (Å²) in [5.41, 5.74) is 0. The number of carboxylic acid groups (broad SMARTS) is 1. The molecule has 1 N–H and O–H groups in total. The fraction of sp³-hybridized carbons (Fsp3) is 0.900. The summed E-state index contributed by atoms with van der Waals surface area (Å²) in [6.07, 6.45) is 2.73. The van der Waals surface area contributed by atoms with Gasteiger partial charge < -0.3 is 5.11 Å². The zero-order valence-electron chi connectivity index (χ0n) is 8.49. The van der Waals surface area contributed by atoms with Crippen molar-refractivity contribution < 1.29 is 9.90 Å². The average Bonchev–Trinajstić information content (AvgIpc) is 2.50. The Hall–Kier alpha value is -0.570. The highest BCUT2D eigenvalue weighted by molar-refractivity contribution is 5.67. The van der Waals surface area contributed by atoms with Crippen LogP contribution in [0.5, 0.6) is 0 Å². The van der Waals surface area contributed by atoms with E-state index in [9.17, 15) is 4.79 Å². The van der Waals surface area contributed by atoms with E-state index in [-0.39, 0.29) is 12.5 Å². The molecule has 1 aliphatic rings. The van der Waals surface area contributed by atoms with Crippen LogP contribution in [0.2, 0.25) is 0 Å². The van der Waals surface area contributed by atoms with Crippen molar-refractivity contribution in [1.82, 2.24) is 4.90 Å². The lowest BCUT2D eigenvalue weighted by molar-refractivity contribution is -0.138. The normalized spacial score (nSPS) is 26.2. The number of aliphatic carboxylic acids is 1. The van der Waals surface area contributed by atoms with E-state index in [1.165, 1.54) is 12.8 Å². The van der Waals surface area contributed by atoms with Gasteiger partial charge in [0, 0.05) is 12.6 Å². The molecule has 2 unspecified atom stereocenters. The lowest BCUT2D eigenvalue weighted by Gasteiger charge is -2.22. The Morgan fingerprint density at radius 3 is 2.85 bits per heavy atom. The lowest BCUT2D eigenvalue weighted by atomic mass is 10.1. The maximum Gasteiger partial charge on any atom is 0.304 e. The van der Waals surface area contributed by atoms with Crippen molar-refractivity contribution in [1.29, 1.82) is 0 Å². The van der Waals surface area contributed by atoms with Gasteiger partial charge in [-0.1, -0.05) is 13.3 Å². The maximum atomic E-state index is 10.5. The second-order valence-electron chi connectivity index (χ2n) is 4.00. The molecule has 1 aliphatic heterocycles. The van der Waals surface area contributed by atoms with Crippen LogP contribution in [0.3, 0.4) is 0 Å². The molecule has 76 valence electrons. The van der Waals surface area contributed by atoms with Crippen LogP contribution in [0.1, 0.15) is 33.1 Å². The molecule has 0 bridgehead atoms. The smallest absolute Gasteiger partial charge is 0.304 e.